The molecule has 1 N–H and O–H groups in total. The first-order chi connectivity index (χ1) is 12.7. The lowest BCUT2D eigenvalue weighted by Gasteiger charge is -2.12. The number of aromatic nitrogens is 5. The fraction of sp³-hybridized carbons (Fsp3) is 0.474. The summed E-state index contributed by atoms with van der Waals surface area (Å²) >= 11 is 0. The molecule has 0 saturated heterocycles. The number of nitrogens with one attached hydrogen (secondary N) is 1. The van der Waals surface area contributed by atoms with Gasteiger partial charge in [0.05, 0.1) is 6.20 Å². The Labute approximate surface area is 151 Å². The Balaban J connectivity index is 1.80. The molecule has 7 nitrogen and oxygen atoms in total. The third-order valence-corrected chi connectivity index (χ3v) is 4.88. The molecule has 0 spiro atoms. The van der Waals surface area contributed by atoms with Crippen LogP contribution in [-0.2, 0) is 6.54 Å². The Bertz CT molecular complexity index is 968. The number of aromatic amines is 1. The van der Waals surface area contributed by atoms with Crippen molar-refractivity contribution in [3.05, 3.63) is 40.2 Å². The summed E-state index contributed by atoms with van der Waals surface area (Å²) in [6, 6.07) is 3.95. The first kappa shape index (κ1) is 16.8. The minimum Gasteiger partial charge on any atom is -0.424 e. The summed E-state index contributed by atoms with van der Waals surface area (Å²) in [5.74, 6) is 1.86. The van der Waals surface area contributed by atoms with Gasteiger partial charge in [-0.1, -0.05) is 19.8 Å². The van der Waals surface area contributed by atoms with Crippen molar-refractivity contribution >= 4 is 11.2 Å². The monoisotopic (exact) mass is 353 g/mol. The second-order valence-electron chi connectivity index (χ2n) is 6.89. The van der Waals surface area contributed by atoms with Crippen molar-refractivity contribution in [2.75, 3.05) is 0 Å². The van der Waals surface area contributed by atoms with E-state index in [0.29, 0.717) is 29.4 Å². The van der Waals surface area contributed by atoms with E-state index in [9.17, 15) is 4.79 Å². The Morgan fingerprint density at radius 3 is 2.77 bits per heavy atom. The number of imidazole rings is 1. The average molecular weight is 353 g/mol. The molecule has 0 amide bonds. The van der Waals surface area contributed by atoms with Gasteiger partial charge in [0.2, 0.25) is 0 Å². The molecular weight excluding hydrogens is 330 g/mol. The van der Waals surface area contributed by atoms with Crippen molar-refractivity contribution in [1.29, 1.82) is 0 Å². The molecule has 0 aliphatic heterocycles. The molecule has 26 heavy (non-hydrogen) atoms. The number of hydrogen-bond acceptors (Lipinski definition) is 5. The van der Waals surface area contributed by atoms with Crippen molar-refractivity contribution in [3.63, 3.8) is 0 Å². The number of rotatable bonds is 5. The van der Waals surface area contributed by atoms with Crippen LogP contribution in [0, 0.1) is 6.92 Å². The summed E-state index contributed by atoms with van der Waals surface area (Å²) in [6.45, 7) is 4.66. The molecule has 3 aromatic heterocycles. The second-order valence-corrected chi connectivity index (χ2v) is 6.89. The predicted octanol–water partition coefficient (Wildman–Crippen LogP) is 3.68. The summed E-state index contributed by atoms with van der Waals surface area (Å²) in [6.07, 6.45) is 7.19. The van der Waals surface area contributed by atoms with Crippen LogP contribution in [0.1, 0.15) is 56.5 Å². The normalized spacial score (nSPS) is 15.0. The van der Waals surface area contributed by atoms with E-state index in [0.717, 1.165) is 30.8 Å². The Kier molecular flexibility index (Phi) is 4.44. The highest BCUT2D eigenvalue weighted by molar-refractivity contribution is 5.70. The fourth-order valence-corrected chi connectivity index (χ4v) is 3.54. The lowest BCUT2D eigenvalue weighted by Crippen LogP contribution is -2.16. The standard InChI is InChI=1S/C19H23N5O2/c1-3-10-24-17-15(21-16(22-17)13-6-4-5-7-13)18(25)23-19(24)26-14-9-8-12(2)20-11-14/h8-9,11,13H,3-7,10H2,1-2H3,(H,21,22). The van der Waals surface area contributed by atoms with E-state index in [-0.39, 0.29) is 11.6 Å². The Hall–Kier alpha value is -2.70. The molecule has 1 saturated carbocycles. The highest BCUT2D eigenvalue weighted by atomic mass is 16.5. The molecule has 0 radical (unpaired) electrons. The van der Waals surface area contributed by atoms with Crippen LogP contribution in [0.15, 0.2) is 23.1 Å². The van der Waals surface area contributed by atoms with Crippen LogP contribution < -0.4 is 10.3 Å². The molecule has 1 aliphatic carbocycles. The molecule has 0 aromatic carbocycles. The summed E-state index contributed by atoms with van der Waals surface area (Å²) in [5.41, 5.74) is 1.66. The highest BCUT2D eigenvalue weighted by Crippen LogP contribution is 2.33. The molecule has 1 fully saturated rings. The third kappa shape index (κ3) is 3.09. The minimum absolute atomic E-state index is 0.263. The van der Waals surface area contributed by atoms with Gasteiger partial charge in [-0.15, -0.1) is 0 Å². The van der Waals surface area contributed by atoms with Gasteiger partial charge in [-0.2, -0.15) is 4.98 Å². The number of aryl methyl sites for hydroxylation is 2. The number of H-pyrrole nitrogens is 1. The summed E-state index contributed by atoms with van der Waals surface area (Å²) < 4.78 is 7.76. The Morgan fingerprint density at radius 1 is 1.27 bits per heavy atom. The van der Waals surface area contributed by atoms with E-state index in [1.54, 1.807) is 6.20 Å². The lowest BCUT2D eigenvalue weighted by atomic mass is 10.1. The van der Waals surface area contributed by atoms with Crippen LogP contribution in [0.2, 0.25) is 0 Å². The van der Waals surface area contributed by atoms with Crippen LogP contribution in [0.4, 0.5) is 0 Å². The zero-order chi connectivity index (χ0) is 18.1. The minimum atomic E-state index is -0.334. The lowest BCUT2D eigenvalue weighted by molar-refractivity contribution is 0.402. The molecular formula is C19H23N5O2. The van der Waals surface area contributed by atoms with Gasteiger partial charge in [0.25, 0.3) is 0 Å². The second kappa shape index (κ2) is 6.90. The SMILES string of the molecule is CCCn1c(Oc2ccc(C)nc2)nc(=O)c2[nH]c(C3CCCC3)nc21. The molecule has 0 bridgehead atoms. The van der Waals surface area contributed by atoms with E-state index in [2.05, 4.69) is 21.9 Å². The number of ether oxygens (including phenoxy) is 1. The molecule has 1 aliphatic rings. The molecule has 0 unspecified atom stereocenters. The molecule has 4 rings (SSSR count). The average Bonchev–Trinajstić information content (AvgIpc) is 3.30. The van der Waals surface area contributed by atoms with E-state index < -0.39 is 0 Å². The van der Waals surface area contributed by atoms with Crippen LogP contribution in [0.25, 0.3) is 11.2 Å². The van der Waals surface area contributed by atoms with Crippen molar-refractivity contribution < 1.29 is 4.74 Å². The van der Waals surface area contributed by atoms with E-state index in [4.69, 9.17) is 9.72 Å². The summed E-state index contributed by atoms with van der Waals surface area (Å²) in [4.78, 5) is 28.9. The van der Waals surface area contributed by atoms with Crippen molar-refractivity contribution in [3.8, 4) is 11.8 Å². The van der Waals surface area contributed by atoms with Crippen molar-refractivity contribution in [2.45, 2.75) is 58.4 Å². The van der Waals surface area contributed by atoms with E-state index in [1.165, 1.54) is 12.8 Å². The topological polar surface area (TPSA) is 85.7 Å². The van der Waals surface area contributed by atoms with Crippen LogP contribution in [0.5, 0.6) is 11.8 Å². The van der Waals surface area contributed by atoms with Gasteiger partial charge < -0.3 is 9.72 Å². The van der Waals surface area contributed by atoms with Gasteiger partial charge in [-0.25, -0.2) is 4.98 Å². The first-order valence-corrected chi connectivity index (χ1v) is 9.26. The van der Waals surface area contributed by atoms with Crippen LogP contribution in [-0.4, -0.2) is 24.5 Å². The van der Waals surface area contributed by atoms with Gasteiger partial charge >= 0.3 is 11.6 Å². The maximum absolute atomic E-state index is 12.5. The first-order valence-electron chi connectivity index (χ1n) is 9.26. The van der Waals surface area contributed by atoms with Crippen LogP contribution in [0.3, 0.4) is 0 Å². The number of pyridine rings is 1. The van der Waals surface area contributed by atoms with Crippen molar-refractivity contribution in [1.82, 2.24) is 24.5 Å². The fourth-order valence-electron chi connectivity index (χ4n) is 3.54. The molecule has 136 valence electrons. The third-order valence-electron chi connectivity index (χ3n) is 4.88. The maximum Gasteiger partial charge on any atom is 0.307 e. The van der Waals surface area contributed by atoms with Gasteiger partial charge in [-0.3, -0.25) is 14.3 Å². The molecule has 0 atom stereocenters. The predicted molar refractivity (Wildman–Crippen MR) is 98.7 cm³/mol. The Morgan fingerprint density at radius 2 is 2.08 bits per heavy atom. The molecule has 3 aromatic rings. The van der Waals surface area contributed by atoms with Gasteiger partial charge in [0.1, 0.15) is 11.6 Å². The number of hydrogen-bond donors (Lipinski definition) is 1. The van der Waals surface area contributed by atoms with Crippen LogP contribution >= 0.6 is 0 Å². The zero-order valence-electron chi connectivity index (χ0n) is 15.2. The molecule has 7 heteroatoms. The highest BCUT2D eigenvalue weighted by Gasteiger charge is 2.23. The quantitative estimate of drug-likeness (QED) is 0.756. The summed E-state index contributed by atoms with van der Waals surface area (Å²) in [7, 11) is 0. The zero-order valence-corrected chi connectivity index (χ0v) is 15.2. The van der Waals surface area contributed by atoms with Crippen molar-refractivity contribution in [2.24, 2.45) is 0 Å². The number of nitrogens with zero attached hydrogens (tertiary/aromatic N) is 4. The van der Waals surface area contributed by atoms with Gasteiger partial charge in [-0.05, 0) is 38.3 Å². The van der Waals surface area contributed by atoms with Gasteiger partial charge in [0.15, 0.2) is 11.2 Å². The van der Waals surface area contributed by atoms with E-state index >= 15 is 0 Å². The smallest absolute Gasteiger partial charge is 0.307 e. The number of fused-ring (bicyclic) bond motifs is 1. The maximum atomic E-state index is 12.5. The largest absolute Gasteiger partial charge is 0.424 e. The molecule has 3 heterocycles. The van der Waals surface area contributed by atoms with Gasteiger partial charge in [0, 0.05) is 18.2 Å². The summed E-state index contributed by atoms with van der Waals surface area (Å²) in [5, 5.41) is 0. The van der Waals surface area contributed by atoms with E-state index in [1.807, 2.05) is 23.6 Å².